The average Bonchev–Trinajstić information content (AvgIpc) is 2.73. The average molecular weight is 249 g/mol. The number of rotatable bonds is 4. The molecule has 2 rings (SSSR count). The number of hydrogen-bond acceptors (Lipinski definition) is 3. The zero-order valence-electron chi connectivity index (χ0n) is 10.4. The molecule has 96 valence electrons. The van der Waals surface area contributed by atoms with E-state index in [9.17, 15) is 4.39 Å². The van der Waals surface area contributed by atoms with Gasteiger partial charge in [-0.05, 0) is 24.6 Å². The standard InChI is InChI=1S/C13H16FN3O/c1-9(15)11-3-4-13(12(14)5-11)18-8-10-6-16-17(2)7-10/h3-7,9H,8,15H2,1-2H3/t9-/m1/s1. The molecule has 4 nitrogen and oxygen atoms in total. The van der Waals surface area contributed by atoms with E-state index in [0.29, 0.717) is 6.61 Å². The molecule has 2 aromatic rings. The van der Waals surface area contributed by atoms with E-state index < -0.39 is 5.82 Å². The summed E-state index contributed by atoms with van der Waals surface area (Å²) in [6.45, 7) is 2.10. The second-order valence-corrected chi connectivity index (χ2v) is 4.29. The quantitative estimate of drug-likeness (QED) is 0.903. The number of nitrogens with zero attached hydrogens (tertiary/aromatic N) is 2. The van der Waals surface area contributed by atoms with Crippen molar-refractivity contribution in [1.29, 1.82) is 0 Å². The predicted molar refractivity (Wildman–Crippen MR) is 66.5 cm³/mol. The van der Waals surface area contributed by atoms with Crippen molar-refractivity contribution >= 4 is 0 Å². The molecule has 1 atom stereocenters. The van der Waals surface area contributed by atoms with E-state index in [0.717, 1.165) is 11.1 Å². The summed E-state index contributed by atoms with van der Waals surface area (Å²) in [4.78, 5) is 0. The molecule has 0 aliphatic heterocycles. The second-order valence-electron chi connectivity index (χ2n) is 4.29. The lowest BCUT2D eigenvalue weighted by Gasteiger charge is -2.09. The van der Waals surface area contributed by atoms with Crippen LogP contribution in [0.25, 0.3) is 0 Å². The maximum atomic E-state index is 13.7. The van der Waals surface area contributed by atoms with E-state index in [1.807, 2.05) is 20.2 Å². The van der Waals surface area contributed by atoms with Crippen molar-refractivity contribution < 1.29 is 9.13 Å². The molecule has 0 aliphatic carbocycles. The van der Waals surface area contributed by atoms with Gasteiger partial charge in [-0.15, -0.1) is 0 Å². The van der Waals surface area contributed by atoms with Gasteiger partial charge < -0.3 is 10.5 Å². The van der Waals surface area contributed by atoms with Crippen LogP contribution in [0.3, 0.4) is 0 Å². The van der Waals surface area contributed by atoms with Crippen LogP contribution in [0.1, 0.15) is 24.1 Å². The van der Waals surface area contributed by atoms with Gasteiger partial charge in [0.15, 0.2) is 11.6 Å². The molecule has 0 bridgehead atoms. The topological polar surface area (TPSA) is 53.1 Å². The van der Waals surface area contributed by atoms with Gasteiger partial charge in [0, 0.05) is 24.8 Å². The zero-order chi connectivity index (χ0) is 13.1. The van der Waals surface area contributed by atoms with Crippen LogP contribution in [0.2, 0.25) is 0 Å². The lowest BCUT2D eigenvalue weighted by atomic mass is 10.1. The minimum Gasteiger partial charge on any atom is -0.486 e. The van der Waals surface area contributed by atoms with Gasteiger partial charge in [0.2, 0.25) is 0 Å². The van der Waals surface area contributed by atoms with Crippen LogP contribution >= 0.6 is 0 Å². The molecule has 18 heavy (non-hydrogen) atoms. The molecule has 0 unspecified atom stereocenters. The van der Waals surface area contributed by atoms with Crippen LogP contribution in [0.5, 0.6) is 5.75 Å². The summed E-state index contributed by atoms with van der Waals surface area (Å²) in [5, 5.41) is 4.02. The molecular weight excluding hydrogens is 233 g/mol. The highest BCUT2D eigenvalue weighted by Crippen LogP contribution is 2.21. The van der Waals surface area contributed by atoms with Crippen LogP contribution in [0, 0.1) is 5.82 Å². The molecule has 0 fully saturated rings. The van der Waals surface area contributed by atoms with Gasteiger partial charge in [-0.2, -0.15) is 5.10 Å². The van der Waals surface area contributed by atoms with Gasteiger partial charge in [0.25, 0.3) is 0 Å². The molecule has 0 amide bonds. The summed E-state index contributed by atoms with van der Waals surface area (Å²) < 4.78 is 20.8. The van der Waals surface area contributed by atoms with Gasteiger partial charge in [-0.3, -0.25) is 4.68 Å². The number of halogens is 1. The van der Waals surface area contributed by atoms with Crippen molar-refractivity contribution in [3.8, 4) is 5.75 Å². The lowest BCUT2D eigenvalue weighted by molar-refractivity contribution is 0.290. The highest BCUT2D eigenvalue weighted by Gasteiger charge is 2.07. The Kier molecular flexibility index (Phi) is 3.62. The zero-order valence-corrected chi connectivity index (χ0v) is 10.4. The minimum atomic E-state index is -0.395. The van der Waals surface area contributed by atoms with Crippen molar-refractivity contribution in [3.05, 3.63) is 47.5 Å². The first-order chi connectivity index (χ1) is 8.56. The fourth-order valence-corrected chi connectivity index (χ4v) is 1.62. The second kappa shape index (κ2) is 5.18. The minimum absolute atomic E-state index is 0.188. The Morgan fingerprint density at radius 1 is 1.50 bits per heavy atom. The van der Waals surface area contributed by atoms with E-state index in [-0.39, 0.29) is 11.8 Å². The van der Waals surface area contributed by atoms with Crippen LogP contribution in [0.15, 0.2) is 30.6 Å². The first-order valence-corrected chi connectivity index (χ1v) is 5.71. The van der Waals surface area contributed by atoms with Crippen LogP contribution < -0.4 is 10.5 Å². The van der Waals surface area contributed by atoms with Crippen molar-refractivity contribution in [1.82, 2.24) is 9.78 Å². The number of nitrogens with two attached hydrogens (primary N) is 1. The van der Waals surface area contributed by atoms with Crippen molar-refractivity contribution in [2.45, 2.75) is 19.6 Å². The Balaban J connectivity index is 2.05. The van der Waals surface area contributed by atoms with Gasteiger partial charge in [-0.25, -0.2) is 4.39 Å². The Hall–Kier alpha value is -1.88. The van der Waals surface area contributed by atoms with E-state index in [1.54, 1.807) is 23.0 Å². The molecule has 2 N–H and O–H groups in total. The van der Waals surface area contributed by atoms with Crippen LogP contribution in [-0.2, 0) is 13.7 Å². The Bertz CT molecular complexity index is 537. The molecular formula is C13H16FN3O. The Morgan fingerprint density at radius 3 is 2.83 bits per heavy atom. The van der Waals surface area contributed by atoms with Gasteiger partial charge in [0.1, 0.15) is 6.61 Å². The summed E-state index contributed by atoms with van der Waals surface area (Å²) in [5.74, 6) is -0.169. The lowest BCUT2D eigenvalue weighted by Crippen LogP contribution is -2.05. The SMILES string of the molecule is C[C@@H](N)c1ccc(OCc2cnn(C)c2)c(F)c1. The number of aromatic nitrogens is 2. The third-order valence-corrected chi connectivity index (χ3v) is 2.63. The van der Waals surface area contributed by atoms with Gasteiger partial charge in [-0.1, -0.05) is 6.07 Å². The van der Waals surface area contributed by atoms with Gasteiger partial charge >= 0.3 is 0 Å². The normalized spacial score (nSPS) is 12.4. The third-order valence-electron chi connectivity index (χ3n) is 2.63. The Labute approximate surface area is 105 Å². The molecule has 0 saturated carbocycles. The molecule has 1 aromatic carbocycles. The molecule has 5 heteroatoms. The van der Waals surface area contributed by atoms with E-state index >= 15 is 0 Å². The molecule has 0 radical (unpaired) electrons. The molecule has 0 saturated heterocycles. The highest BCUT2D eigenvalue weighted by atomic mass is 19.1. The summed E-state index contributed by atoms with van der Waals surface area (Å²) >= 11 is 0. The first kappa shape index (κ1) is 12.6. The fraction of sp³-hybridized carbons (Fsp3) is 0.308. The van der Waals surface area contributed by atoms with E-state index in [4.69, 9.17) is 10.5 Å². The summed E-state index contributed by atoms with van der Waals surface area (Å²) in [7, 11) is 1.82. The number of benzene rings is 1. The number of aryl methyl sites for hydroxylation is 1. The largest absolute Gasteiger partial charge is 0.486 e. The van der Waals surface area contributed by atoms with E-state index in [2.05, 4.69) is 5.10 Å². The maximum absolute atomic E-state index is 13.7. The van der Waals surface area contributed by atoms with Crippen molar-refractivity contribution in [2.75, 3.05) is 0 Å². The fourth-order valence-electron chi connectivity index (χ4n) is 1.62. The number of hydrogen-bond donors (Lipinski definition) is 1. The first-order valence-electron chi connectivity index (χ1n) is 5.71. The molecule has 1 heterocycles. The smallest absolute Gasteiger partial charge is 0.165 e. The highest BCUT2D eigenvalue weighted by molar-refractivity contribution is 5.30. The van der Waals surface area contributed by atoms with Crippen molar-refractivity contribution in [2.24, 2.45) is 12.8 Å². The van der Waals surface area contributed by atoms with E-state index in [1.165, 1.54) is 6.07 Å². The molecule has 1 aromatic heterocycles. The van der Waals surface area contributed by atoms with Gasteiger partial charge in [0.05, 0.1) is 6.20 Å². The number of ether oxygens (including phenoxy) is 1. The monoisotopic (exact) mass is 249 g/mol. The summed E-state index contributed by atoms with van der Waals surface area (Å²) in [5.41, 5.74) is 7.33. The third kappa shape index (κ3) is 2.87. The summed E-state index contributed by atoms with van der Waals surface area (Å²) in [6.07, 6.45) is 3.52. The molecule has 0 aliphatic rings. The summed E-state index contributed by atoms with van der Waals surface area (Å²) in [6, 6.07) is 4.59. The predicted octanol–water partition coefficient (Wildman–Crippen LogP) is 2.16. The van der Waals surface area contributed by atoms with Crippen molar-refractivity contribution in [3.63, 3.8) is 0 Å². The maximum Gasteiger partial charge on any atom is 0.165 e. The molecule has 0 spiro atoms. The van der Waals surface area contributed by atoms with Crippen LogP contribution in [0.4, 0.5) is 4.39 Å². The van der Waals surface area contributed by atoms with Crippen LogP contribution in [-0.4, -0.2) is 9.78 Å². The Morgan fingerprint density at radius 2 is 2.28 bits per heavy atom.